The van der Waals surface area contributed by atoms with E-state index in [2.05, 4.69) is 105 Å². The first-order chi connectivity index (χ1) is 18.7. The smallest absolute Gasteiger partial charge is 0.0853 e. The highest BCUT2D eigenvalue weighted by Gasteiger charge is 2.12. The van der Waals surface area contributed by atoms with Gasteiger partial charge < -0.3 is 4.90 Å². The van der Waals surface area contributed by atoms with Crippen LogP contribution < -0.4 is 4.90 Å². The Morgan fingerprint density at radius 1 is 0.447 bits per heavy atom. The van der Waals surface area contributed by atoms with Crippen molar-refractivity contribution in [3.8, 4) is 0 Å². The Bertz CT molecular complexity index is 1380. The minimum atomic E-state index is 0.534. The Balaban J connectivity index is 1.33. The number of hydrogen-bond donors (Lipinski definition) is 0. The third-order valence-electron chi connectivity index (χ3n) is 6.07. The van der Waals surface area contributed by atoms with Gasteiger partial charge in [-0.3, -0.25) is 0 Å². The highest BCUT2D eigenvalue weighted by atomic mass is 15.1. The molecule has 0 aliphatic heterocycles. The fraction of sp³-hybridized carbons (Fsp3) is 0.0909. The van der Waals surface area contributed by atoms with Gasteiger partial charge in [-0.25, -0.2) is 0 Å². The number of anilines is 3. The summed E-state index contributed by atoms with van der Waals surface area (Å²) in [4.78, 5) is 2.25. The molecule has 0 N–H and O–H groups in total. The topological polar surface area (TPSA) is 52.7 Å². The summed E-state index contributed by atoms with van der Waals surface area (Å²) in [6.45, 7) is 3.17. The number of azo groups is 2. The zero-order valence-corrected chi connectivity index (χ0v) is 21.4. The molecule has 0 spiro atoms. The highest BCUT2D eigenvalue weighted by Crippen LogP contribution is 2.35. The second-order valence-corrected chi connectivity index (χ2v) is 8.97. The summed E-state index contributed by atoms with van der Waals surface area (Å²) in [5.74, 6) is 0. The molecule has 5 aromatic rings. The van der Waals surface area contributed by atoms with E-state index < -0.39 is 0 Å². The zero-order valence-electron chi connectivity index (χ0n) is 21.4. The third kappa shape index (κ3) is 6.65. The first-order valence-corrected chi connectivity index (χ1v) is 12.6. The number of benzene rings is 5. The first kappa shape index (κ1) is 24.8. The highest BCUT2D eigenvalue weighted by molar-refractivity contribution is 5.76. The van der Waals surface area contributed by atoms with E-state index in [9.17, 15) is 0 Å². The molecule has 0 bridgehead atoms. The molecule has 5 heteroatoms. The molecule has 5 nitrogen and oxygen atoms in total. The van der Waals surface area contributed by atoms with Gasteiger partial charge in [-0.1, -0.05) is 78.4 Å². The quantitative estimate of drug-likeness (QED) is 0.188. The van der Waals surface area contributed by atoms with Gasteiger partial charge in [0.15, 0.2) is 0 Å². The number of nitrogens with zero attached hydrogens (tertiary/aromatic N) is 5. The van der Waals surface area contributed by atoms with Gasteiger partial charge in [0.25, 0.3) is 0 Å². The van der Waals surface area contributed by atoms with Crippen molar-refractivity contribution in [2.45, 2.75) is 20.0 Å². The Morgan fingerprint density at radius 3 is 1.21 bits per heavy atom. The van der Waals surface area contributed by atoms with Crippen LogP contribution in [0, 0.1) is 6.92 Å². The van der Waals surface area contributed by atoms with Crippen molar-refractivity contribution in [3.05, 3.63) is 150 Å². The molecule has 0 unspecified atom stereocenters. The molecule has 0 amide bonds. The van der Waals surface area contributed by atoms with Gasteiger partial charge in [0, 0.05) is 17.1 Å². The SMILES string of the molecule is Cc1ccc(N(c2ccc(CN=Nc3ccccc3)cc2)c2ccc(CN=Nc3ccccc3)cc2)cc1. The standard InChI is InChI=1S/C33H29N5/c1-26-12-18-31(19-13-26)38(32-20-14-27(15-21-32)24-34-36-29-8-4-2-5-9-29)33-22-16-28(17-23-33)25-35-37-30-10-6-3-7-11-30/h2-23H,24-25H2,1H3. The molecule has 0 aliphatic carbocycles. The summed E-state index contributed by atoms with van der Waals surface area (Å²) in [5, 5.41) is 17.3. The average Bonchev–Trinajstić information content (AvgIpc) is 2.97. The van der Waals surface area contributed by atoms with E-state index in [1.165, 1.54) is 5.56 Å². The molecule has 0 atom stereocenters. The maximum absolute atomic E-state index is 4.36. The van der Waals surface area contributed by atoms with Crippen LogP contribution in [0.4, 0.5) is 28.4 Å². The van der Waals surface area contributed by atoms with Crippen molar-refractivity contribution < 1.29 is 0 Å². The van der Waals surface area contributed by atoms with E-state index in [1.807, 2.05) is 60.7 Å². The lowest BCUT2D eigenvalue weighted by molar-refractivity contribution is 0.958. The fourth-order valence-electron chi connectivity index (χ4n) is 4.03. The molecule has 5 rings (SSSR count). The molecule has 186 valence electrons. The van der Waals surface area contributed by atoms with Gasteiger partial charge in [-0.05, 0) is 78.7 Å². The van der Waals surface area contributed by atoms with Crippen molar-refractivity contribution in [1.29, 1.82) is 0 Å². The van der Waals surface area contributed by atoms with E-state index in [4.69, 9.17) is 0 Å². The van der Waals surface area contributed by atoms with Crippen LogP contribution in [0.1, 0.15) is 16.7 Å². The van der Waals surface area contributed by atoms with Crippen LogP contribution in [0.3, 0.4) is 0 Å². The predicted molar refractivity (Wildman–Crippen MR) is 155 cm³/mol. The Hall–Kier alpha value is -4.90. The molecular weight excluding hydrogens is 466 g/mol. The van der Waals surface area contributed by atoms with Crippen LogP contribution in [0.25, 0.3) is 0 Å². The van der Waals surface area contributed by atoms with Crippen molar-refractivity contribution >= 4 is 28.4 Å². The Morgan fingerprint density at radius 2 is 0.816 bits per heavy atom. The van der Waals surface area contributed by atoms with Crippen molar-refractivity contribution in [1.82, 2.24) is 0 Å². The van der Waals surface area contributed by atoms with Gasteiger partial charge in [0.05, 0.1) is 24.5 Å². The molecule has 38 heavy (non-hydrogen) atoms. The maximum atomic E-state index is 4.36. The van der Waals surface area contributed by atoms with E-state index in [0.29, 0.717) is 13.1 Å². The molecule has 5 aromatic carbocycles. The van der Waals surface area contributed by atoms with E-state index in [1.54, 1.807) is 0 Å². The summed E-state index contributed by atoms with van der Waals surface area (Å²) in [6.07, 6.45) is 0. The van der Waals surface area contributed by atoms with Gasteiger partial charge in [0.1, 0.15) is 0 Å². The molecule has 0 aromatic heterocycles. The largest absolute Gasteiger partial charge is 0.311 e. The fourth-order valence-corrected chi connectivity index (χ4v) is 4.03. The van der Waals surface area contributed by atoms with Crippen LogP contribution in [-0.4, -0.2) is 0 Å². The van der Waals surface area contributed by atoms with Crippen LogP contribution in [0.15, 0.2) is 154 Å². The summed E-state index contributed by atoms with van der Waals surface area (Å²) in [6, 6.07) is 45.1. The van der Waals surface area contributed by atoms with Gasteiger partial charge >= 0.3 is 0 Å². The monoisotopic (exact) mass is 495 g/mol. The lowest BCUT2D eigenvalue weighted by Gasteiger charge is -2.26. The van der Waals surface area contributed by atoms with Crippen LogP contribution in [0.5, 0.6) is 0 Å². The lowest BCUT2D eigenvalue weighted by Crippen LogP contribution is -2.10. The van der Waals surface area contributed by atoms with Gasteiger partial charge in [-0.2, -0.15) is 20.5 Å². The average molecular weight is 496 g/mol. The molecule has 0 fully saturated rings. The molecule has 0 heterocycles. The first-order valence-electron chi connectivity index (χ1n) is 12.6. The summed E-state index contributed by atoms with van der Waals surface area (Å²) in [5.41, 5.74) is 8.42. The normalized spacial score (nSPS) is 11.3. The van der Waals surface area contributed by atoms with E-state index in [-0.39, 0.29) is 0 Å². The summed E-state index contributed by atoms with van der Waals surface area (Å²) in [7, 11) is 0. The molecule has 0 radical (unpaired) electrons. The van der Waals surface area contributed by atoms with Crippen LogP contribution >= 0.6 is 0 Å². The number of hydrogen-bond acceptors (Lipinski definition) is 5. The van der Waals surface area contributed by atoms with Gasteiger partial charge in [0.2, 0.25) is 0 Å². The van der Waals surface area contributed by atoms with Gasteiger partial charge in [-0.15, -0.1) is 0 Å². The second-order valence-electron chi connectivity index (χ2n) is 8.97. The Kier molecular flexibility index (Phi) is 8.07. The summed E-state index contributed by atoms with van der Waals surface area (Å²) >= 11 is 0. The van der Waals surface area contributed by atoms with E-state index in [0.717, 1.165) is 39.6 Å². The molecular formula is C33H29N5. The number of aryl methyl sites for hydroxylation is 1. The molecule has 0 saturated carbocycles. The zero-order chi connectivity index (χ0) is 26.0. The van der Waals surface area contributed by atoms with Crippen molar-refractivity contribution in [2.75, 3.05) is 4.90 Å². The van der Waals surface area contributed by atoms with Crippen molar-refractivity contribution in [2.24, 2.45) is 20.5 Å². The maximum Gasteiger partial charge on any atom is 0.0853 e. The predicted octanol–water partition coefficient (Wildman–Crippen LogP) is 10.0. The van der Waals surface area contributed by atoms with E-state index >= 15 is 0 Å². The van der Waals surface area contributed by atoms with Crippen molar-refractivity contribution in [3.63, 3.8) is 0 Å². The number of rotatable bonds is 9. The van der Waals surface area contributed by atoms with Crippen LogP contribution in [-0.2, 0) is 13.1 Å². The summed E-state index contributed by atoms with van der Waals surface area (Å²) < 4.78 is 0. The minimum Gasteiger partial charge on any atom is -0.311 e. The Labute approximate surface area is 223 Å². The molecule has 0 saturated heterocycles. The molecule has 0 aliphatic rings. The second kappa shape index (κ2) is 12.4. The third-order valence-corrected chi connectivity index (χ3v) is 6.07. The van der Waals surface area contributed by atoms with Crippen LogP contribution in [0.2, 0.25) is 0 Å². The minimum absolute atomic E-state index is 0.534. The lowest BCUT2D eigenvalue weighted by atomic mass is 10.1.